The van der Waals surface area contributed by atoms with E-state index in [1.54, 1.807) is 7.11 Å². The highest BCUT2D eigenvalue weighted by Gasteiger charge is 2.18. The van der Waals surface area contributed by atoms with Crippen LogP contribution in [0.4, 0.5) is 0 Å². The third-order valence-corrected chi connectivity index (χ3v) is 4.80. The highest BCUT2D eigenvalue weighted by atomic mass is 32.2. The second-order valence-corrected chi connectivity index (χ2v) is 6.60. The number of benzene rings is 1. The van der Waals surface area contributed by atoms with Crippen LogP contribution in [0.1, 0.15) is 37.3 Å². The molecule has 22 heavy (non-hydrogen) atoms. The number of nitrogens with two attached hydrogens (primary N) is 1. The van der Waals surface area contributed by atoms with Gasteiger partial charge in [0.1, 0.15) is 6.10 Å². The lowest BCUT2D eigenvalue weighted by Gasteiger charge is -2.24. The van der Waals surface area contributed by atoms with Gasteiger partial charge in [-0.3, -0.25) is 4.79 Å². The van der Waals surface area contributed by atoms with Gasteiger partial charge in [-0.2, -0.15) is 11.8 Å². The molecule has 5 nitrogen and oxygen atoms in total. The van der Waals surface area contributed by atoms with Gasteiger partial charge in [-0.1, -0.05) is 6.07 Å². The number of thioether (sulfide) groups is 1. The predicted molar refractivity (Wildman–Crippen MR) is 87.8 cm³/mol. The molecule has 1 unspecified atom stereocenters. The molecule has 1 aliphatic heterocycles. The van der Waals surface area contributed by atoms with Gasteiger partial charge in [0.25, 0.3) is 0 Å². The first-order valence-corrected chi connectivity index (χ1v) is 8.65. The summed E-state index contributed by atoms with van der Waals surface area (Å²) in [4.78, 5) is 10.7. The van der Waals surface area contributed by atoms with Crippen molar-refractivity contribution >= 4 is 17.7 Å². The van der Waals surface area contributed by atoms with Gasteiger partial charge in [-0.15, -0.1) is 0 Å². The highest BCUT2D eigenvalue weighted by Crippen LogP contribution is 2.33. The molecule has 1 fully saturated rings. The van der Waals surface area contributed by atoms with E-state index in [1.807, 2.05) is 30.0 Å². The van der Waals surface area contributed by atoms with Gasteiger partial charge in [0.2, 0.25) is 0 Å². The van der Waals surface area contributed by atoms with Crippen LogP contribution >= 0.6 is 11.8 Å². The fourth-order valence-corrected chi connectivity index (χ4v) is 3.50. The van der Waals surface area contributed by atoms with E-state index >= 15 is 0 Å². The van der Waals surface area contributed by atoms with Crippen molar-refractivity contribution in [2.75, 3.05) is 18.6 Å². The molecule has 0 bridgehead atoms. The second-order valence-electron chi connectivity index (χ2n) is 5.38. The molecule has 1 aromatic carbocycles. The van der Waals surface area contributed by atoms with Crippen molar-refractivity contribution in [1.82, 2.24) is 0 Å². The molecule has 122 valence electrons. The molecule has 0 aromatic heterocycles. The van der Waals surface area contributed by atoms with Crippen LogP contribution in [0.5, 0.6) is 11.5 Å². The molecule has 1 saturated heterocycles. The fraction of sp³-hybridized carbons (Fsp3) is 0.562. The van der Waals surface area contributed by atoms with Gasteiger partial charge in [0.05, 0.1) is 7.11 Å². The van der Waals surface area contributed by atoms with Crippen LogP contribution in [-0.4, -0.2) is 35.8 Å². The van der Waals surface area contributed by atoms with Gasteiger partial charge >= 0.3 is 5.97 Å². The maximum Gasteiger partial charge on any atom is 0.303 e. The summed E-state index contributed by atoms with van der Waals surface area (Å²) in [7, 11) is 1.61. The van der Waals surface area contributed by atoms with Gasteiger partial charge in [-0.05, 0) is 48.5 Å². The van der Waals surface area contributed by atoms with E-state index in [-0.39, 0.29) is 18.6 Å². The maximum atomic E-state index is 10.7. The first-order valence-electron chi connectivity index (χ1n) is 7.50. The summed E-state index contributed by atoms with van der Waals surface area (Å²) < 4.78 is 11.4. The smallest absolute Gasteiger partial charge is 0.303 e. The lowest BCUT2D eigenvalue weighted by atomic mass is 10.0. The quantitative estimate of drug-likeness (QED) is 0.802. The van der Waals surface area contributed by atoms with Crippen LogP contribution in [-0.2, 0) is 4.79 Å². The van der Waals surface area contributed by atoms with E-state index in [9.17, 15) is 4.79 Å². The summed E-state index contributed by atoms with van der Waals surface area (Å²) >= 11 is 1.95. The minimum atomic E-state index is -0.833. The number of rotatable bonds is 7. The van der Waals surface area contributed by atoms with E-state index in [0.29, 0.717) is 17.9 Å². The molecular formula is C16H23NO4S. The largest absolute Gasteiger partial charge is 0.493 e. The van der Waals surface area contributed by atoms with E-state index < -0.39 is 5.97 Å². The monoisotopic (exact) mass is 325 g/mol. The highest BCUT2D eigenvalue weighted by molar-refractivity contribution is 7.99. The van der Waals surface area contributed by atoms with Crippen molar-refractivity contribution in [3.05, 3.63) is 23.8 Å². The standard InChI is InChI=1S/C16H23NO4S/c1-20-14-4-2-11(13(17)3-5-16(18)19)10-15(14)21-12-6-8-22-9-7-12/h2,4,10,12-13H,3,5-9,17H2,1H3,(H,18,19). The Morgan fingerprint density at radius 3 is 2.77 bits per heavy atom. The third-order valence-electron chi connectivity index (χ3n) is 3.75. The first-order chi connectivity index (χ1) is 10.6. The summed E-state index contributed by atoms with van der Waals surface area (Å²) in [5.41, 5.74) is 6.95. The molecule has 0 saturated carbocycles. The SMILES string of the molecule is COc1ccc(C(N)CCC(=O)O)cc1OC1CCSCC1. The predicted octanol–water partition coefficient (Wildman–Crippen LogP) is 2.83. The zero-order chi connectivity index (χ0) is 15.9. The normalized spacial score (nSPS) is 17.0. The summed E-state index contributed by atoms with van der Waals surface area (Å²) in [5, 5.41) is 8.76. The molecule has 1 aromatic rings. The van der Waals surface area contributed by atoms with Crippen LogP contribution in [0.25, 0.3) is 0 Å². The Balaban J connectivity index is 2.09. The van der Waals surface area contributed by atoms with Crippen molar-refractivity contribution in [1.29, 1.82) is 0 Å². The van der Waals surface area contributed by atoms with Crippen LogP contribution in [0.15, 0.2) is 18.2 Å². The number of hydrogen-bond acceptors (Lipinski definition) is 5. The minimum Gasteiger partial charge on any atom is -0.493 e. The zero-order valence-electron chi connectivity index (χ0n) is 12.8. The molecule has 1 aliphatic rings. The number of carboxylic acid groups (broad SMARTS) is 1. The zero-order valence-corrected chi connectivity index (χ0v) is 13.6. The Kier molecular flexibility index (Phi) is 6.39. The van der Waals surface area contributed by atoms with Gasteiger partial charge in [0, 0.05) is 12.5 Å². The van der Waals surface area contributed by atoms with Crippen molar-refractivity contribution in [2.24, 2.45) is 5.73 Å². The number of methoxy groups -OCH3 is 1. The topological polar surface area (TPSA) is 81.8 Å². The van der Waals surface area contributed by atoms with Gasteiger partial charge in [0.15, 0.2) is 11.5 Å². The van der Waals surface area contributed by atoms with E-state index in [0.717, 1.165) is 29.9 Å². The summed E-state index contributed by atoms with van der Waals surface area (Å²) in [6, 6.07) is 5.27. The van der Waals surface area contributed by atoms with Crippen molar-refractivity contribution in [2.45, 2.75) is 37.8 Å². The molecule has 0 aliphatic carbocycles. The Hall–Kier alpha value is -1.40. The van der Waals surface area contributed by atoms with E-state index in [2.05, 4.69) is 0 Å². The summed E-state index contributed by atoms with van der Waals surface area (Å²) in [5.74, 6) is 2.78. The average Bonchev–Trinajstić information content (AvgIpc) is 2.53. The molecular weight excluding hydrogens is 302 g/mol. The molecule has 6 heteroatoms. The molecule has 0 amide bonds. The number of carboxylic acids is 1. The Bertz CT molecular complexity index is 503. The second kappa shape index (κ2) is 8.29. The maximum absolute atomic E-state index is 10.7. The molecule has 3 N–H and O–H groups in total. The molecule has 0 spiro atoms. The third kappa shape index (κ3) is 4.81. The Morgan fingerprint density at radius 2 is 2.14 bits per heavy atom. The Labute approximate surface area is 135 Å². The number of aliphatic carboxylic acids is 1. The Morgan fingerprint density at radius 1 is 1.41 bits per heavy atom. The van der Waals surface area contributed by atoms with Crippen molar-refractivity contribution < 1.29 is 19.4 Å². The number of ether oxygens (including phenoxy) is 2. The summed E-state index contributed by atoms with van der Waals surface area (Å²) in [6.07, 6.45) is 2.73. The first kappa shape index (κ1) is 17.0. The van der Waals surface area contributed by atoms with E-state index in [4.69, 9.17) is 20.3 Å². The lowest BCUT2D eigenvalue weighted by molar-refractivity contribution is -0.137. The van der Waals surface area contributed by atoms with Gasteiger partial charge < -0.3 is 20.3 Å². The van der Waals surface area contributed by atoms with Crippen LogP contribution in [0.2, 0.25) is 0 Å². The molecule has 1 heterocycles. The molecule has 1 atom stereocenters. The minimum absolute atomic E-state index is 0.0588. The average molecular weight is 325 g/mol. The lowest BCUT2D eigenvalue weighted by Crippen LogP contribution is -2.22. The summed E-state index contributed by atoms with van der Waals surface area (Å²) in [6.45, 7) is 0. The van der Waals surface area contributed by atoms with Gasteiger partial charge in [-0.25, -0.2) is 0 Å². The number of carbonyl (C=O) groups is 1. The molecule has 0 radical (unpaired) electrons. The molecule has 2 rings (SSSR count). The van der Waals surface area contributed by atoms with Crippen LogP contribution < -0.4 is 15.2 Å². The number of hydrogen-bond donors (Lipinski definition) is 2. The van der Waals surface area contributed by atoms with Crippen molar-refractivity contribution in [3.8, 4) is 11.5 Å². The fourth-order valence-electron chi connectivity index (χ4n) is 2.44. The van der Waals surface area contributed by atoms with E-state index in [1.165, 1.54) is 0 Å². The van der Waals surface area contributed by atoms with Crippen LogP contribution in [0, 0.1) is 0 Å². The van der Waals surface area contributed by atoms with Crippen LogP contribution in [0.3, 0.4) is 0 Å². The van der Waals surface area contributed by atoms with Crippen molar-refractivity contribution in [3.63, 3.8) is 0 Å².